The number of ether oxygens (including phenoxy) is 2. The summed E-state index contributed by atoms with van der Waals surface area (Å²) in [6, 6.07) is 6.97. The molecule has 0 aromatic heterocycles. The number of anilines is 1. The molecule has 114 valence electrons. The fourth-order valence-corrected chi connectivity index (χ4v) is 2.57. The lowest BCUT2D eigenvalue weighted by Crippen LogP contribution is -2.43. The number of nitrogens with one attached hydrogen (secondary N) is 1. The molecule has 1 N–H and O–H groups in total. The maximum Gasteiger partial charge on any atom is 0.125 e. The largest absolute Gasteiger partial charge is 0.492 e. The van der Waals surface area contributed by atoms with Gasteiger partial charge in [-0.05, 0) is 13.0 Å². The SMILES string of the molecule is C[C@H]1COCCN1c1ccc2c(c1)OCCNC2.Cl.Cl. The lowest BCUT2D eigenvalue weighted by molar-refractivity contribution is 0.0989. The number of nitrogens with zero attached hydrogens (tertiary/aromatic N) is 1. The minimum absolute atomic E-state index is 0. The third kappa shape index (κ3) is 3.70. The lowest BCUT2D eigenvalue weighted by Gasteiger charge is -2.35. The third-order valence-corrected chi connectivity index (χ3v) is 3.60. The number of rotatable bonds is 1. The van der Waals surface area contributed by atoms with Gasteiger partial charge in [0.15, 0.2) is 0 Å². The number of morpholine rings is 1. The average molecular weight is 321 g/mol. The van der Waals surface area contributed by atoms with Crippen LogP contribution in [0.2, 0.25) is 0 Å². The first kappa shape index (κ1) is 17.4. The van der Waals surface area contributed by atoms with E-state index in [0.717, 1.165) is 45.2 Å². The van der Waals surface area contributed by atoms with Gasteiger partial charge in [0.2, 0.25) is 0 Å². The molecule has 2 aliphatic heterocycles. The Kier molecular flexibility index (Phi) is 6.89. The zero-order valence-electron chi connectivity index (χ0n) is 11.6. The quantitative estimate of drug-likeness (QED) is 0.860. The average Bonchev–Trinajstić information content (AvgIpc) is 2.63. The maximum atomic E-state index is 5.79. The maximum absolute atomic E-state index is 5.79. The Morgan fingerprint density at radius 3 is 2.90 bits per heavy atom. The Morgan fingerprint density at radius 1 is 1.25 bits per heavy atom. The van der Waals surface area contributed by atoms with Crippen molar-refractivity contribution in [1.82, 2.24) is 5.32 Å². The summed E-state index contributed by atoms with van der Waals surface area (Å²) in [6.07, 6.45) is 0. The Morgan fingerprint density at radius 2 is 2.10 bits per heavy atom. The molecule has 0 spiro atoms. The van der Waals surface area contributed by atoms with Gasteiger partial charge in [0.05, 0.1) is 13.2 Å². The van der Waals surface area contributed by atoms with E-state index in [0.29, 0.717) is 6.04 Å². The standard InChI is InChI=1S/C14H20N2O2.2ClH/c1-11-10-17-7-5-16(11)13-3-2-12-9-15-4-6-18-14(12)8-13;;/h2-3,8,11,15H,4-7,9-10H2,1H3;2*1H/t11-;;/m0../s1. The van der Waals surface area contributed by atoms with Gasteiger partial charge in [-0.15, -0.1) is 24.8 Å². The first-order chi connectivity index (χ1) is 8.84. The summed E-state index contributed by atoms with van der Waals surface area (Å²) in [6.45, 7) is 7.33. The van der Waals surface area contributed by atoms with Gasteiger partial charge in [0.1, 0.15) is 12.4 Å². The molecule has 0 amide bonds. The molecule has 3 rings (SSSR count). The van der Waals surface area contributed by atoms with E-state index in [1.807, 2.05) is 0 Å². The van der Waals surface area contributed by atoms with Crippen LogP contribution in [0.15, 0.2) is 18.2 Å². The second-order valence-electron chi connectivity index (χ2n) is 4.93. The molecule has 1 saturated heterocycles. The van der Waals surface area contributed by atoms with Crippen LogP contribution in [0.4, 0.5) is 5.69 Å². The van der Waals surface area contributed by atoms with Crippen molar-refractivity contribution in [2.45, 2.75) is 19.5 Å². The Hall–Kier alpha value is -0.680. The summed E-state index contributed by atoms with van der Waals surface area (Å²) in [4.78, 5) is 2.39. The third-order valence-electron chi connectivity index (χ3n) is 3.60. The van der Waals surface area contributed by atoms with Gasteiger partial charge in [-0.2, -0.15) is 0 Å². The highest BCUT2D eigenvalue weighted by Gasteiger charge is 2.20. The molecule has 2 aliphatic rings. The zero-order chi connectivity index (χ0) is 12.4. The van der Waals surface area contributed by atoms with Crippen LogP contribution in [0.25, 0.3) is 0 Å². The van der Waals surface area contributed by atoms with E-state index < -0.39 is 0 Å². The Bertz CT molecular complexity index is 432. The monoisotopic (exact) mass is 320 g/mol. The molecule has 1 aromatic rings. The van der Waals surface area contributed by atoms with Crippen molar-refractivity contribution in [2.75, 3.05) is 37.8 Å². The topological polar surface area (TPSA) is 33.7 Å². The van der Waals surface area contributed by atoms with Crippen molar-refractivity contribution in [1.29, 1.82) is 0 Å². The smallest absolute Gasteiger partial charge is 0.125 e. The van der Waals surface area contributed by atoms with E-state index in [1.54, 1.807) is 0 Å². The molecule has 1 aromatic carbocycles. The predicted octanol–water partition coefficient (Wildman–Crippen LogP) is 2.24. The highest BCUT2D eigenvalue weighted by molar-refractivity contribution is 5.85. The van der Waals surface area contributed by atoms with Crippen LogP contribution >= 0.6 is 24.8 Å². The molecule has 1 fully saturated rings. The molecule has 0 unspecified atom stereocenters. The van der Waals surface area contributed by atoms with Crippen LogP contribution in [0.1, 0.15) is 12.5 Å². The number of hydrogen-bond acceptors (Lipinski definition) is 4. The Labute approximate surface area is 132 Å². The first-order valence-corrected chi connectivity index (χ1v) is 6.65. The summed E-state index contributed by atoms with van der Waals surface area (Å²) in [5, 5.41) is 3.35. The van der Waals surface area contributed by atoms with Crippen LogP contribution < -0.4 is 15.0 Å². The molecule has 4 nitrogen and oxygen atoms in total. The fourth-order valence-electron chi connectivity index (χ4n) is 2.57. The molecule has 1 atom stereocenters. The second kappa shape index (κ2) is 7.93. The normalized spacial score (nSPS) is 21.6. The van der Waals surface area contributed by atoms with Gasteiger partial charge in [-0.25, -0.2) is 0 Å². The lowest BCUT2D eigenvalue weighted by atomic mass is 10.1. The molecule has 0 bridgehead atoms. The Balaban J connectivity index is 0.000001000. The van der Waals surface area contributed by atoms with Crippen LogP contribution in [-0.2, 0) is 11.3 Å². The summed E-state index contributed by atoms with van der Waals surface area (Å²) in [5.41, 5.74) is 2.49. The van der Waals surface area contributed by atoms with E-state index in [2.05, 4.69) is 35.3 Å². The predicted molar refractivity (Wildman–Crippen MR) is 85.8 cm³/mol. The minimum Gasteiger partial charge on any atom is -0.492 e. The van der Waals surface area contributed by atoms with Crippen molar-refractivity contribution in [2.24, 2.45) is 0 Å². The van der Waals surface area contributed by atoms with Crippen LogP contribution in [0, 0.1) is 0 Å². The number of halogens is 2. The molecule has 0 aliphatic carbocycles. The van der Waals surface area contributed by atoms with Gasteiger partial charge in [0, 0.05) is 43.0 Å². The highest BCUT2D eigenvalue weighted by atomic mass is 35.5. The zero-order valence-corrected chi connectivity index (χ0v) is 13.3. The minimum atomic E-state index is 0. The van der Waals surface area contributed by atoms with E-state index >= 15 is 0 Å². The first-order valence-electron chi connectivity index (χ1n) is 6.65. The van der Waals surface area contributed by atoms with Gasteiger partial charge < -0.3 is 19.7 Å². The van der Waals surface area contributed by atoms with E-state index in [9.17, 15) is 0 Å². The molecule has 20 heavy (non-hydrogen) atoms. The van der Waals surface area contributed by atoms with Crippen molar-refractivity contribution < 1.29 is 9.47 Å². The van der Waals surface area contributed by atoms with Crippen molar-refractivity contribution in [3.05, 3.63) is 23.8 Å². The molecular formula is C14H22Cl2N2O2. The molecule has 0 saturated carbocycles. The van der Waals surface area contributed by atoms with Crippen molar-refractivity contribution >= 4 is 30.5 Å². The number of fused-ring (bicyclic) bond motifs is 1. The van der Waals surface area contributed by atoms with Crippen LogP contribution in [0.5, 0.6) is 5.75 Å². The van der Waals surface area contributed by atoms with Gasteiger partial charge in [-0.3, -0.25) is 0 Å². The highest BCUT2D eigenvalue weighted by Crippen LogP contribution is 2.28. The van der Waals surface area contributed by atoms with Crippen molar-refractivity contribution in [3.63, 3.8) is 0 Å². The van der Waals surface area contributed by atoms with Crippen LogP contribution in [-0.4, -0.2) is 39.0 Å². The van der Waals surface area contributed by atoms with Gasteiger partial charge in [0.25, 0.3) is 0 Å². The van der Waals surface area contributed by atoms with Gasteiger partial charge >= 0.3 is 0 Å². The van der Waals surface area contributed by atoms with E-state index in [4.69, 9.17) is 9.47 Å². The van der Waals surface area contributed by atoms with E-state index in [-0.39, 0.29) is 24.8 Å². The second-order valence-corrected chi connectivity index (χ2v) is 4.93. The fraction of sp³-hybridized carbons (Fsp3) is 0.571. The molecule has 2 heterocycles. The summed E-state index contributed by atoms with van der Waals surface area (Å²) in [5.74, 6) is 1.02. The summed E-state index contributed by atoms with van der Waals surface area (Å²) >= 11 is 0. The van der Waals surface area contributed by atoms with Crippen LogP contribution in [0.3, 0.4) is 0 Å². The molecule has 6 heteroatoms. The number of hydrogen-bond donors (Lipinski definition) is 1. The summed E-state index contributed by atoms with van der Waals surface area (Å²) < 4.78 is 11.3. The molecule has 0 radical (unpaired) electrons. The van der Waals surface area contributed by atoms with Gasteiger partial charge in [-0.1, -0.05) is 6.07 Å². The number of benzene rings is 1. The summed E-state index contributed by atoms with van der Waals surface area (Å²) in [7, 11) is 0. The van der Waals surface area contributed by atoms with E-state index in [1.165, 1.54) is 11.3 Å². The van der Waals surface area contributed by atoms with Crippen molar-refractivity contribution in [3.8, 4) is 5.75 Å². The molecular weight excluding hydrogens is 299 g/mol.